The summed E-state index contributed by atoms with van der Waals surface area (Å²) in [5.74, 6) is -0.229. The maximum absolute atomic E-state index is 10.2. The van der Waals surface area contributed by atoms with E-state index in [0.717, 1.165) is 17.5 Å². The summed E-state index contributed by atoms with van der Waals surface area (Å²) in [6.45, 7) is 0. The van der Waals surface area contributed by atoms with Gasteiger partial charge in [-0.1, -0.05) is 5.16 Å². The standard InChI is InChI=1S/C4H4N4O3S/c5-3(7-9)4-6-1-2(12-4)8(10)11/h1,9H,(H2,5,7). The molecule has 3 N–H and O–H groups in total. The Kier molecular flexibility index (Phi) is 2.19. The third kappa shape index (κ3) is 1.48. The van der Waals surface area contributed by atoms with E-state index >= 15 is 0 Å². The maximum Gasteiger partial charge on any atom is 0.344 e. The predicted molar refractivity (Wildman–Crippen MR) is 41.3 cm³/mol. The zero-order valence-corrected chi connectivity index (χ0v) is 6.48. The normalized spacial score (nSPS) is 11.5. The van der Waals surface area contributed by atoms with Crippen LogP contribution in [0.3, 0.4) is 0 Å². The van der Waals surface area contributed by atoms with E-state index in [2.05, 4.69) is 10.1 Å². The van der Waals surface area contributed by atoms with Crippen molar-refractivity contribution in [3.8, 4) is 0 Å². The molecule has 1 aromatic rings. The van der Waals surface area contributed by atoms with E-state index in [-0.39, 0.29) is 15.8 Å². The average Bonchev–Trinajstić information content (AvgIpc) is 2.51. The van der Waals surface area contributed by atoms with Crippen molar-refractivity contribution in [1.82, 2.24) is 4.98 Å². The van der Waals surface area contributed by atoms with Crippen molar-refractivity contribution < 1.29 is 10.1 Å². The van der Waals surface area contributed by atoms with Gasteiger partial charge in [-0.3, -0.25) is 10.1 Å². The van der Waals surface area contributed by atoms with Crippen LogP contribution in [0.5, 0.6) is 0 Å². The Morgan fingerprint density at radius 3 is 3.00 bits per heavy atom. The van der Waals surface area contributed by atoms with Crippen LogP contribution >= 0.6 is 11.3 Å². The zero-order chi connectivity index (χ0) is 9.14. The Morgan fingerprint density at radius 1 is 1.92 bits per heavy atom. The fraction of sp³-hybridized carbons (Fsp3) is 0. The molecule has 0 aliphatic carbocycles. The van der Waals surface area contributed by atoms with Crippen LogP contribution in [0.4, 0.5) is 5.00 Å². The summed E-state index contributed by atoms with van der Waals surface area (Å²) in [7, 11) is 0. The quantitative estimate of drug-likeness (QED) is 0.225. The number of hydrogen-bond acceptors (Lipinski definition) is 6. The summed E-state index contributed by atoms with van der Waals surface area (Å²) in [4.78, 5) is 13.1. The molecule has 0 aliphatic rings. The lowest BCUT2D eigenvalue weighted by atomic mass is 10.6. The van der Waals surface area contributed by atoms with Gasteiger partial charge in [-0.2, -0.15) is 0 Å². The van der Waals surface area contributed by atoms with Crippen molar-refractivity contribution in [3.63, 3.8) is 0 Å². The predicted octanol–water partition coefficient (Wildman–Crippen LogP) is 0.146. The van der Waals surface area contributed by atoms with Gasteiger partial charge in [0.15, 0.2) is 10.8 Å². The first-order valence-electron chi connectivity index (χ1n) is 2.73. The minimum Gasteiger partial charge on any atom is -0.409 e. The summed E-state index contributed by atoms with van der Waals surface area (Å²) in [5, 5.41) is 21.0. The number of nitro groups is 1. The maximum atomic E-state index is 10.2. The van der Waals surface area contributed by atoms with Crippen LogP contribution in [0.2, 0.25) is 0 Å². The first-order valence-corrected chi connectivity index (χ1v) is 3.55. The lowest BCUT2D eigenvalue weighted by Gasteiger charge is -1.86. The molecule has 1 heterocycles. The Labute approximate surface area is 70.3 Å². The summed E-state index contributed by atoms with van der Waals surface area (Å²) in [6.07, 6.45) is 1.05. The van der Waals surface area contributed by atoms with Gasteiger partial charge in [-0.25, -0.2) is 4.98 Å². The molecule has 0 aliphatic heterocycles. The van der Waals surface area contributed by atoms with Gasteiger partial charge in [0, 0.05) is 0 Å². The number of hydrogen-bond donors (Lipinski definition) is 2. The molecule has 0 spiro atoms. The molecule has 64 valence electrons. The molecule has 7 nitrogen and oxygen atoms in total. The molecular formula is C4H4N4O3S. The summed E-state index contributed by atoms with van der Waals surface area (Å²) in [6, 6.07) is 0. The molecule has 0 atom stereocenters. The highest BCUT2D eigenvalue weighted by atomic mass is 32.1. The van der Waals surface area contributed by atoms with Gasteiger partial charge in [-0.15, -0.1) is 0 Å². The number of aromatic nitrogens is 1. The zero-order valence-electron chi connectivity index (χ0n) is 5.67. The fourth-order valence-corrected chi connectivity index (χ4v) is 1.14. The van der Waals surface area contributed by atoms with E-state index in [4.69, 9.17) is 10.9 Å². The van der Waals surface area contributed by atoms with E-state index in [1.54, 1.807) is 0 Å². The third-order valence-electron chi connectivity index (χ3n) is 1.00. The van der Waals surface area contributed by atoms with E-state index in [9.17, 15) is 10.1 Å². The average molecular weight is 188 g/mol. The van der Waals surface area contributed by atoms with Crippen molar-refractivity contribution >= 4 is 22.2 Å². The van der Waals surface area contributed by atoms with Crippen LogP contribution in [0.1, 0.15) is 5.01 Å². The molecule has 0 fully saturated rings. The summed E-state index contributed by atoms with van der Waals surface area (Å²) in [5.41, 5.74) is 5.13. The van der Waals surface area contributed by atoms with Crippen LogP contribution in [-0.2, 0) is 0 Å². The van der Waals surface area contributed by atoms with Gasteiger partial charge in [0.2, 0.25) is 0 Å². The number of amidine groups is 1. The Balaban J connectivity index is 2.99. The molecule has 0 unspecified atom stereocenters. The van der Waals surface area contributed by atoms with Crippen LogP contribution in [0, 0.1) is 10.1 Å². The number of oxime groups is 1. The Bertz CT molecular complexity index is 333. The number of nitrogens with two attached hydrogens (primary N) is 1. The van der Waals surface area contributed by atoms with Gasteiger partial charge in [0.25, 0.3) is 0 Å². The smallest absolute Gasteiger partial charge is 0.344 e. The molecule has 12 heavy (non-hydrogen) atoms. The number of nitrogens with zero attached hydrogens (tertiary/aromatic N) is 3. The van der Waals surface area contributed by atoms with Crippen molar-refractivity contribution in [2.45, 2.75) is 0 Å². The summed E-state index contributed by atoms with van der Waals surface area (Å²) >= 11 is 0.748. The number of thiazole rings is 1. The molecule has 1 aromatic heterocycles. The highest BCUT2D eigenvalue weighted by molar-refractivity contribution is 7.16. The molecule has 0 saturated carbocycles. The first-order chi connectivity index (χ1) is 5.65. The van der Waals surface area contributed by atoms with Crippen LogP contribution in [0.15, 0.2) is 11.4 Å². The van der Waals surface area contributed by atoms with Gasteiger partial charge in [0.05, 0.1) is 4.92 Å². The largest absolute Gasteiger partial charge is 0.409 e. The highest BCUT2D eigenvalue weighted by Crippen LogP contribution is 2.20. The van der Waals surface area contributed by atoms with E-state index < -0.39 is 4.92 Å². The molecule has 0 saturated heterocycles. The summed E-state index contributed by atoms with van der Waals surface area (Å²) < 4.78 is 0. The van der Waals surface area contributed by atoms with E-state index in [0.29, 0.717) is 0 Å². The molecule has 1 rings (SSSR count). The molecular weight excluding hydrogens is 184 g/mol. The second-order valence-electron chi connectivity index (χ2n) is 1.75. The Hall–Kier alpha value is -1.70. The van der Waals surface area contributed by atoms with Crippen LogP contribution in [0.25, 0.3) is 0 Å². The van der Waals surface area contributed by atoms with Gasteiger partial charge >= 0.3 is 5.00 Å². The van der Waals surface area contributed by atoms with Gasteiger partial charge in [0.1, 0.15) is 6.20 Å². The van der Waals surface area contributed by atoms with Gasteiger partial charge in [-0.05, 0) is 11.3 Å². The second kappa shape index (κ2) is 3.13. The minimum atomic E-state index is -0.591. The van der Waals surface area contributed by atoms with Crippen LogP contribution < -0.4 is 5.73 Å². The lowest BCUT2D eigenvalue weighted by molar-refractivity contribution is -0.380. The second-order valence-corrected chi connectivity index (χ2v) is 2.76. The Morgan fingerprint density at radius 2 is 2.58 bits per heavy atom. The van der Waals surface area contributed by atoms with Crippen molar-refractivity contribution in [3.05, 3.63) is 21.3 Å². The third-order valence-corrected chi connectivity index (χ3v) is 1.97. The SMILES string of the molecule is N/C(=N\O)c1ncc([N+](=O)[O-])s1. The lowest BCUT2D eigenvalue weighted by Crippen LogP contribution is -2.12. The minimum absolute atomic E-state index is 0.129. The topological polar surface area (TPSA) is 115 Å². The van der Waals surface area contributed by atoms with E-state index in [1.165, 1.54) is 0 Å². The first kappa shape index (κ1) is 8.40. The number of rotatable bonds is 2. The molecule has 0 amide bonds. The molecule has 0 radical (unpaired) electrons. The van der Waals surface area contributed by atoms with Crippen LogP contribution in [-0.4, -0.2) is 21.0 Å². The van der Waals surface area contributed by atoms with Crippen molar-refractivity contribution in [2.24, 2.45) is 10.9 Å². The fourth-order valence-electron chi connectivity index (χ4n) is 0.511. The van der Waals surface area contributed by atoms with Crippen molar-refractivity contribution in [2.75, 3.05) is 0 Å². The molecule has 0 aromatic carbocycles. The monoisotopic (exact) mass is 188 g/mol. The van der Waals surface area contributed by atoms with Crippen molar-refractivity contribution in [1.29, 1.82) is 0 Å². The van der Waals surface area contributed by atoms with E-state index in [1.807, 2.05) is 0 Å². The molecule has 8 heteroatoms. The highest BCUT2D eigenvalue weighted by Gasteiger charge is 2.13. The molecule has 0 bridgehead atoms. The van der Waals surface area contributed by atoms with Gasteiger partial charge < -0.3 is 10.9 Å².